The number of hydrogen-bond donors (Lipinski definition) is 0. The molecule has 0 heterocycles. The predicted molar refractivity (Wildman–Crippen MR) is 150 cm³/mol. The molecule has 0 aliphatic carbocycles. The van der Waals surface area contributed by atoms with E-state index in [4.69, 9.17) is 4.74 Å². The molecule has 218 valence electrons. The Morgan fingerprint density at radius 2 is 0.946 bits per heavy atom. The van der Waals surface area contributed by atoms with Gasteiger partial charge in [0.1, 0.15) is 0 Å². The van der Waals surface area contributed by atoms with Gasteiger partial charge < -0.3 is 9.29 Å². The molecule has 0 N–H and O–H groups in total. The minimum Gasteiger partial charge on any atom is -0.726 e. The van der Waals surface area contributed by atoms with Gasteiger partial charge in [-0.2, -0.15) is 0 Å². The zero-order chi connectivity index (χ0) is 27.3. The van der Waals surface area contributed by atoms with E-state index in [2.05, 4.69) is 18.0 Å². The zero-order valence-electron chi connectivity index (χ0n) is 25.2. The summed E-state index contributed by atoms with van der Waals surface area (Å²) in [7, 11) is -4.48. The second kappa shape index (κ2) is 32.6. The van der Waals surface area contributed by atoms with Crippen molar-refractivity contribution in [3.05, 3.63) is 0 Å². The summed E-state index contributed by atoms with van der Waals surface area (Å²) in [6.45, 7) is 8.31. The molecule has 0 aliphatic heterocycles. The number of hydrogen-bond acceptors (Lipinski definition) is 6. The van der Waals surface area contributed by atoms with E-state index in [-0.39, 0.29) is 48.2 Å². The quantitative estimate of drug-likeness (QED) is 0.0447. The van der Waals surface area contributed by atoms with Crippen LogP contribution in [0.2, 0.25) is 0 Å². The molecule has 6 nitrogen and oxygen atoms in total. The molecule has 0 spiro atoms. The maximum Gasteiger partial charge on any atom is 1.00 e. The summed E-state index contributed by atoms with van der Waals surface area (Å²) >= 11 is 0. The molecule has 0 amide bonds. The summed E-state index contributed by atoms with van der Waals surface area (Å²) in [5.41, 5.74) is 0. The summed E-state index contributed by atoms with van der Waals surface area (Å²) in [5.74, 6) is -0.0362. The van der Waals surface area contributed by atoms with E-state index in [9.17, 15) is 17.8 Å². The van der Waals surface area contributed by atoms with Crippen LogP contribution in [0.15, 0.2) is 0 Å². The van der Waals surface area contributed by atoms with Crippen molar-refractivity contribution in [1.29, 1.82) is 0 Å². The Balaban J connectivity index is -0.000000612. The van der Waals surface area contributed by atoms with Gasteiger partial charge in [-0.15, -0.1) is 0 Å². The second-order valence-corrected chi connectivity index (χ2v) is 11.3. The molecule has 37 heavy (non-hydrogen) atoms. The van der Waals surface area contributed by atoms with Gasteiger partial charge >= 0.3 is 35.5 Å². The third-order valence-electron chi connectivity index (χ3n) is 6.08. The van der Waals surface area contributed by atoms with Crippen molar-refractivity contribution in [3.8, 4) is 0 Å². The van der Waals surface area contributed by atoms with Crippen molar-refractivity contribution >= 4 is 16.4 Å². The Bertz CT molecular complexity index is 555. The first-order valence-corrected chi connectivity index (χ1v) is 16.4. The molecule has 0 aromatic rings. The van der Waals surface area contributed by atoms with Gasteiger partial charge in [-0.3, -0.25) is 8.98 Å². The molecule has 0 bridgehead atoms. The van der Waals surface area contributed by atoms with Gasteiger partial charge in [0.2, 0.25) is 10.4 Å². The van der Waals surface area contributed by atoms with Crippen LogP contribution in [0.5, 0.6) is 0 Å². The molecule has 0 rings (SSSR count). The van der Waals surface area contributed by atoms with E-state index in [0.717, 1.165) is 19.3 Å². The first-order chi connectivity index (χ1) is 17.2. The van der Waals surface area contributed by atoms with E-state index >= 15 is 0 Å². The van der Waals surface area contributed by atoms with E-state index in [1.807, 2.05) is 13.8 Å². The Labute approximate surface area is 253 Å². The smallest absolute Gasteiger partial charge is 0.726 e. The van der Waals surface area contributed by atoms with Crippen LogP contribution >= 0.6 is 0 Å². The van der Waals surface area contributed by atoms with Gasteiger partial charge in [-0.05, 0) is 26.7 Å². The van der Waals surface area contributed by atoms with E-state index in [1.165, 1.54) is 109 Å². The maximum absolute atomic E-state index is 11.3. The normalized spacial score (nSPS) is 11.1. The molecular formula is C29H59NaO6S. The molecule has 0 saturated heterocycles. The number of ether oxygens (including phenoxy) is 1. The van der Waals surface area contributed by atoms with Gasteiger partial charge in [0.15, 0.2) is 0 Å². The van der Waals surface area contributed by atoms with E-state index in [0.29, 0.717) is 12.8 Å². The zero-order valence-corrected chi connectivity index (χ0v) is 28.0. The monoisotopic (exact) mass is 558 g/mol. The van der Waals surface area contributed by atoms with Crippen LogP contribution in [-0.2, 0) is 24.1 Å². The largest absolute Gasteiger partial charge is 1.00 e. The van der Waals surface area contributed by atoms with Crippen LogP contribution in [0.25, 0.3) is 0 Å². The third kappa shape index (κ3) is 43.6. The van der Waals surface area contributed by atoms with E-state index < -0.39 is 10.4 Å². The van der Waals surface area contributed by atoms with Gasteiger partial charge in [0.25, 0.3) is 0 Å². The minimum atomic E-state index is -4.48. The summed E-state index contributed by atoms with van der Waals surface area (Å²) < 4.78 is 39.6. The van der Waals surface area contributed by atoms with Gasteiger partial charge in [0.05, 0.1) is 12.7 Å². The van der Waals surface area contributed by atoms with Crippen LogP contribution in [0, 0.1) is 0 Å². The summed E-state index contributed by atoms with van der Waals surface area (Å²) in [5, 5.41) is 0. The average molecular weight is 559 g/mol. The average Bonchev–Trinajstić information content (AvgIpc) is 2.80. The molecule has 0 radical (unpaired) electrons. The van der Waals surface area contributed by atoms with E-state index in [1.54, 1.807) is 0 Å². The summed E-state index contributed by atoms with van der Waals surface area (Å²) in [6, 6.07) is 0. The molecule has 0 aromatic heterocycles. The van der Waals surface area contributed by atoms with Crippen LogP contribution in [0.3, 0.4) is 0 Å². The van der Waals surface area contributed by atoms with Gasteiger partial charge in [-0.25, -0.2) is 8.42 Å². The predicted octanol–water partition coefficient (Wildman–Crippen LogP) is 6.03. The van der Waals surface area contributed by atoms with Crippen LogP contribution in [0.1, 0.15) is 169 Å². The van der Waals surface area contributed by atoms with Crippen molar-refractivity contribution in [2.45, 2.75) is 175 Å². The first kappa shape index (κ1) is 41.8. The molecule has 0 aromatic carbocycles. The summed E-state index contributed by atoms with van der Waals surface area (Å²) in [4.78, 5) is 11.3. The fraction of sp³-hybridized carbons (Fsp3) is 0.966. The number of unbranched alkanes of at least 4 members (excludes halogenated alkanes) is 19. The first-order valence-electron chi connectivity index (χ1n) is 15.0. The van der Waals surface area contributed by atoms with Gasteiger partial charge in [-0.1, -0.05) is 136 Å². The molecule has 0 unspecified atom stereocenters. The molecule has 8 heteroatoms. The molecular weight excluding hydrogens is 499 g/mol. The van der Waals surface area contributed by atoms with Gasteiger partial charge in [0, 0.05) is 6.42 Å². The number of esters is 1. The van der Waals surface area contributed by atoms with Crippen LogP contribution in [0.4, 0.5) is 0 Å². The molecule has 0 saturated carbocycles. The fourth-order valence-electron chi connectivity index (χ4n) is 4.01. The van der Waals surface area contributed by atoms with Crippen molar-refractivity contribution < 1.29 is 56.2 Å². The Kier molecular flexibility index (Phi) is 36.8. The number of carbonyl (C=O) groups is 1. The Morgan fingerprint density at radius 1 is 0.622 bits per heavy atom. The Hall–Kier alpha value is 0.340. The minimum absolute atomic E-state index is 0. The molecule has 0 atom stereocenters. The van der Waals surface area contributed by atoms with Crippen molar-refractivity contribution in [1.82, 2.24) is 0 Å². The fourth-order valence-corrected chi connectivity index (χ4v) is 4.33. The van der Waals surface area contributed by atoms with Crippen LogP contribution in [-0.4, -0.2) is 31.7 Å². The van der Waals surface area contributed by atoms with Crippen molar-refractivity contribution in [3.63, 3.8) is 0 Å². The SMILES string of the molecule is CCCCCCCCCCCCCC(=O)OC(C)C.CCCCCCCCCCCCOS(=O)(=O)[O-].[Na+]. The third-order valence-corrected chi connectivity index (χ3v) is 6.53. The Morgan fingerprint density at radius 3 is 1.27 bits per heavy atom. The summed E-state index contributed by atoms with van der Waals surface area (Å²) in [6.07, 6.45) is 26.8. The van der Waals surface area contributed by atoms with Crippen molar-refractivity contribution in [2.24, 2.45) is 0 Å². The number of rotatable bonds is 25. The topological polar surface area (TPSA) is 92.7 Å². The van der Waals surface area contributed by atoms with Crippen LogP contribution < -0.4 is 29.6 Å². The standard InChI is InChI=1S/C17H34O2.C12H26O4S.Na/c1-4-5-6-7-8-9-10-11-12-13-14-15-17(18)19-16(2)3;1-2-3-4-5-6-7-8-9-10-11-12-16-17(13,14)15;/h16H,4-15H2,1-3H3;2-12H2,1H3,(H,13,14,15);/q;;+1/p-1. The second-order valence-electron chi connectivity index (χ2n) is 10.2. The number of carbonyl (C=O) groups excluding carboxylic acids is 1. The maximum atomic E-state index is 11.3. The molecule has 0 aliphatic rings. The van der Waals surface area contributed by atoms with Crippen molar-refractivity contribution in [2.75, 3.05) is 6.61 Å². The molecule has 0 fully saturated rings.